The molecule has 1 unspecified atom stereocenters. The Bertz CT molecular complexity index is 712. The molecule has 1 aromatic rings. The van der Waals surface area contributed by atoms with Crippen LogP contribution < -0.4 is 19.5 Å². The number of benzene rings is 1. The minimum absolute atomic E-state index is 0.0250. The molecule has 1 N–H and O–H groups in total. The Kier molecular flexibility index (Phi) is 6.58. The number of methoxy groups -OCH3 is 3. The Labute approximate surface area is 164 Å². The fraction of sp³-hybridized carbons (Fsp3) is 0.579. The SMILES string of the molecule is COc1ccc(C(=O)N2CCN(C(=O)C3CNCCO3)CC2)c(OC)c1OC. The predicted molar refractivity (Wildman–Crippen MR) is 101 cm³/mol. The molecule has 0 saturated carbocycles. The fourth-order valence-corrected chi connectivity index (χ4v) is 3.50. The molecule has 0 aliphatic carbocycles. The summed E-state index contributed by atoms with van der Waals surface area (Å²) in [7, 11) is 4.52. The van der Waals surface area contributed by atoms with Crippen molar-refractivity contribution in [2.45, 2.75) is 6.10 Å². The highest BCUT2D eigenvalue weighted by atomic mass is 16.5. The molecule has 2 fully saturated rings. The van der Waals surface area contributed by atoms with Crippen molar-refractivity contribution in [2.75, 3.05) is 67.2 Å². The van der Waals surface area contributed by atoms with E-state index in [-0.39, 0.29) is 11.8 Å². The lowest BCUT2D eigenvalue weighted by Crippen LogP contribution is -2.56. The van der Waals surface area contributed by atoms with Gasteiger partial charge >= 0.3 is 0 Å². The molecule has 2 heterocycles. The standard InChI is InChI=1S/C19H27N3O6/c1-25-14-5-4-13(16(26-2)17(14)27-3)18(23)21-7-9-22(10-8-21)19(24)15-12-20-6-11-28-15/h4-5,15,20H,6-12H2,1-3H3. The molecule has 1 aromatic carbocycles. The summed E-state index contributed by atoms with van der Waals surface area (Å²) in [5.41, 5.74) is 0.403. The fourth-order valence-electron chi connectivity index (χ4n) is 3.50. The van der Waals surface area contributed by atoms with Gasteiger partial charge in [0.2, 0.25) is 5.75 Å². The smallest absolute Gasteiger partial charge is 0.257 e. The summed E-state index contributed by atoms with van der Waals surface area (Å²) < 4.78 is 21.6. The number of carbonyl (C=O) groups excluding carboxylic acids is 2. The monoisotopic (exact) mass is 393 g/mol. The lowest BCUT2D eigenvalue weighted by Gasteiger charge is -2.37. The molecule has 0 aromatic heterocycles. The van der Waals surface area contributed by atoms with E-state index in [1.807, 2.05) is 0 Å². The first-order valence-electron chi connectivity index (χ1n) is 9.30. The molecule has 154 valence electrons. The summed E-state index contributed by atoms with van der Waals surface area (Å²) in [4.78, 5) is 29.1. The Morgan fingerprint density at radius 1 is 1.00 bits per heavy atom. The molecule has 2 aliphatic heterocycles. The molecule has 2 aliphatic rings. The number of rotatable bonds is 5. The highest BCUT2D eigenvalue weighted by Gasteiger charge is 2.32. The second kappa shape index (κ2) is 9.11. The van der Waals surface area contributed by atoms with Gasteiger partial charge in [0.05, 0.1) is 33.5 Å². The zero-order valence-electron chi connectivity index (χ0n) is 16.5. The minimum atomic E-state index is -0.443. The number of hydrogen-bond donors (Lipinski definition) is 1. The highest BCUT2D eigenvalue weighted by Crippen LogP contribution is 2.40. The van der Waals surface area contributed by atoms with Crippen LogP contribution >= 0.6 is 0 Å². The summed E-state index contributed by atoms with van der Waals surface area (Å²) in [5, 5.41) is 3.16. The van der Waals surface area contributed by atoms with Crippen molar-refractivity contribution in [3.05, 3.63) is 17.7 Å². The first-order chi connectivity index (χ1) is 13.6. The van der Waals surface area contributed by atoms with Crippen LogP contribution in [0, 0.1) is 0 Å². The zero-order valence-corrected chi connectivity index (χ0v) is 16.5. The summed E-state index contributed by atoms with van der Waals surface area (Å²) in [6.45, 7) is 3.67. The molecule has 3 rings (SSSR count). The number of piperazine rings is 1. The van der Waals surface area contributed by atoms with Crippen LogP contribution in [-0.4, -0.2) is 94.9 Å². The first-order valence-corrected chi connectivity index (χ1v) is 9.30. The van der Waals surface area contributed by atoms with Gasteiger partial charge in [-0.25, -0.2) is 0 Å². The van der Waals surface area contributed by atoms with E-state index >= 15 is 0 Å². The summed E-state index contributed by atoms with van der Waals surface area (Å²) in [5.74, 6) is 1.02. The Hall–Kier alpha value is -2.52. The highest BCUT2D eigenvalue weighted by molar-refractivity contribution is 5.98. The molecule has 28 heavy (non-hydrogen) atoms. The molecular weight excluding hydrogens is 366 g/mol. The summed E-state index contributed by atoms with van der Waals surface area (Å²) >= 11 is 0. The summed E-state index contributed by atoms with van der Waals surface area (Å²) in [6.07, 6.45) is -0.443. The van der Waals surface area contributed by atoms with Crippen LogP contribution in [0.4, 0.5) is 0 Å². The maximum absolute atomic E-state index is 13.0. The van der Waals surface area contributed by atoms with E-state index in [0.29, 0.717) is 62.1 Å². The number of hydrogen-bond acceptors (Lipinski definition) is 7. The number of nitrogens with one attached hydrogen (secondary N) is 1. The molecule has 9 heteroatoms. The maximum atomic E-state index is 13.0. The van der Waals surface area contributed by atoms with Gasteiger partial charge < -0.3 is 34.1 Å². The van der Waals surface area contributed by atoms with E-state index in [0.717, 1.165) is 6.54 Å². The quantitative estimate of drug-likeness (QED) is 0.752. The van der Waals surface area contributed by atoms with Gasteiger partial charge in [-0.3, -0.25) is 9.59 Å². The second-order valence-electron chi connectivity index (χ2n) is 6.56. The third kappa shape index (κ3) is 4.00. The van der Waals surface area contributed by atoms with Crippen molar-refractivity contribution >= 4 is 11.8 Å². The molecule has 9 nitrogen and oxygen atoms in total. The van der Waals surface area contributed by atoms with Crippen LogP contribution in [0.5, 0.6) is 17.2 Å². The second-order valence-corrected chi connectivity index (χ2v) is 6.56. The summed E-state index contributed by atoms with van der Waals surface area (Å²) in [6, 6.07) is 3.35. The molecule has 1 atom stereocenters. The van der Waals surface area contributed by atoms with Crippen LogP contribution in [0.3, 0.4) is 0 Å². The van der Waals surface area contributed by atoms with Crippen molar-refractivity contribution in [1.29, 1.82) is 0 Å². The molecule has 0 spiro atoms. The largest absolute Gasteiger partial charge is 0.493 e. The topological polar surface area (TPSA) is 89.6 Å². The van der Waals surface area contributed by atoms with E-state index in [2.05, 4.69) is 5.32 Å². The van der Waals surface area contributed by atoms with Gasteiger partial charge in [0.25, 0.3) is 11.8 Å². The van der Waals surface area contributed by atoms with Crippen molar-refractivity contribution in [3.8, 4) is 17.2 Å². The number of morpholine rings is 1. The third-order valence-corrected chi connectivity index (χ3v) is 5.02. The van der Waals surface area contributed by atoms with E-state index in [4.69, 9.17) is 18.9 Å². The molecule has 0 radical (unpaired) electrons. The number of ether oxygens (including phenoxy) is 4. The van der Waals surface area contributed by atoms with Crippen molar-refractivity contribution in [3.63, 3.8) is 0 Å². The van der Waals surface area contributed by atoms with Gasteiger partial charge in [-0.15, -0.1) is 0 Å². The first kappa shape index (κ1) is 20.2. The Balaban J connectivity index is 1.67. The van der Waals surface area contributed by atoms with E-state index < -0.39 is 6.10 Å². The zero-order chi connectivity index (χ0) is 20.1. The molecule has 0 bridgehead atoms. The molecule has 2 amide bonds. The van der Waals surface area contributed by atoms with Crippen LogP contribution in [0.1, 0.15) is 10.4 Å². The average Bonchev–Trinajstić information content (AvgIpc) is 2.77. The average molecular weight is 393 g/mol. The maximum Gasteiger partial charge on any atom is 0.257 e. The van der Waals surface area contributed by atoms with E-state index in [9.17, 15) is 9.59 Å². The lowest BCUT2D eigenvalue weighted by molar-refractivity contribution is -0.146. The predicted octanol–water partition coefficient (Wildman–Crippen LogP) is -0.0148. The van der Waals surface area contributed by atoms with Crippen molar-refractivity contribution in [2.24, 2.45) is 0 Å². The molecular formula is C19H27N3O6. The third-order valence-electron chi connectivity index (χ3n) is 5.02. The number of nitrogens with zero attached hydrogens (tertiary/aromatic N) is 2. The van der Waals surface area contributed by atoms with Gasteiger partial charge in [-0.05, 0) is 12.1 Å². The minimum Gasteiger partial charge on any atom is -0.493 e. The van der Waals surface area contributed by atoms with Crippen molar-refractivity contribution < 1.29 is 28.5 Å². The number of amides is 2. The van der Waals surface area contributed by atoms with Gasteiger partial charge in [-0.2, -0.15) is 0 Å². The van der Waals surface area contributed by atoms with Crippen LogP contribution in [0.15, 0.2) is 12.1 Å². The van der Waals surface area contributed by atoms with Crippen LogP contribution in [0.2, 0.25) is 0 Å². The lowest BCUT2D eigenvalue weighted by atomic mass is 10.1. The van der Waals surface area contributed by atoms with Crippen LogP contribution in [-0.2, 0) is 9.53 Å². The van der Waals surface area contributed by atoms with Gasteiger partial charge in [0.1, 0.15) is 6.10 Å². The van der Waals surface area contributed by atoms with E-state index in [1.165, 1.54) is 21.3 Å². The van der Waals surface area contributed by atoms with Crippen LogP contribution in [0.25, 0.3) is 0 Å². The molecule has 2 saturated heterocycles. The number of carbonyl (C=O) groups is 2. The van der Waals surface area contributed by atoms with Gasteiger partial charge in [-0.1, -0.05) is 0 Å². The van der Waals surface area contributed by atoms with Gasteiger partial charge in [0, 0.05) is 39.3 Å². The van der Waals surface area contributed by atoms with Crippen molar-refractivity contribution in [1.82, 2.24) is 15.1 Å². The van der Waals surface area contributed by atoms with E-state index in [1.54, 1.807) is 21.9 Å². The Morgan fingerprint density at radius 3 is 2.25 bits per heavy atom. The van der Waals surface area contributed by atoms with Gasteiger partial charge in [0.15, 0.2) is 11.5 Å². The Morgan fingerprint density at radius 2 is 1.68 bits per heavy atom. The normalized spacial score (nSPS) is 19.9.